The topological polar surface area (TPSA) is 46.3 Å². The summed E-state index contributed by atoms with van der Waals surface area (Å²) in [6.07, 6.45) is 10.2. The van der Waals surface area contributed by atoms with Crippen LogP contribution in [0.25, 0.3) is 0 Å². The van der Waals surface area contributed by atoms with Gasteiger partial charge in [-0.15, -0.1) is 0 Å². The summed E-state index contributed by atoms with van der Waals surface area (Å²) < 4.78 is 0. The standard InChI is InChI=1S/C14H26N2O/c1-16(13-8-6-12(15)7-9-13)14(17)10-5-11-3-2-4-11/h11-13H,2-10,15H2,1H3. The first kappa shape index (κ1) is 12.9. The van der Waals surface area contributed by atoms with Gasteiger partial charge in [-0.2, -0.15) is 0 Å². The maximum absolute atomic E-state index is 12.1. The van der Waals surface area contributed by atoms with E-state index in [4.69, 9.17) is 5.73 Å². The molecule has 1 amide bonds. The highest BCUT2D eigenvalue weighted by atomic mass is 16.2. The Kier molecular flexibility index (Phi) is 4.43. The molecule has 98 valence electrons. The molecule has 17 heavy (non-hydrogen) atoms. The molecule has 2 N–H and O–H groups in total. The molecule has 0 saturated heterocycles. The molecule has 2 aliphatic rings. The highest BCUT2D eigenvalue weighted by Gasteiger charge is 2.26. The second kappa shape index (κ2) is 5.85. The normalized spacial score (nSPS) is 29.8. The molecule has 3 nitrogen and oxygen atoms in total. The summed E-state index contributed by atoms with van der Waals surface area (Å²) in [6, 6.07) is 0.813. The summed E-state index contributed by atoms with van der Waals surface area (Å²) >= 11 is 0. The van der Waals surface area contributed by atoms with Crippen LogP contribution in [0.1, 0.15) is 57.8 Å². The highest BCUT2D eigenvalue weighted by Crippen LogP contribution is 2.31. The van der Waals surface area contributed by atoms with E-state index in [1.807, 2.05) is 11.9 Å². The third kappa shape index (κ3) is 3.44. The largest absolute Gasteiger partial charge is 0.343 e. The molecule has 2 saturated carbocycles. The van der Waals surface area contributed by atoms with Crippen LogP contribution in [0.2, 0.25) is 0 Å². The van der Waals surface area contributed by atoms with Gasteiger partial charge in [0.25, 0.3) is 0 Å². The van der Waals surface area contributed by atoms with Gasteiger partial charge in [-0.3, -0.25) is 4.79 Å². The lowest BCUT2D eigenvalue weighted by molar-refractivity contribution is -0.133. The second-order valence-corrected chi connectivity index (χ2v) is 5.91. The van der Waals surface area contributed by atoms with Crippen molar-refractivity contribution in [1.29, 1.82) is 0 Å². The molecule has 0 aromatic carbocycles. The van der Waals surface area contributed by atoms with Gasteiger partial charge in [0.1, 0.15) is 0 Å². The Morgan fingerprint density at radius 3 is 2.35 bits per heavy atom. The van der Waals surface area contributed by atoms with E-state index in [1.54, 1.807) is 0 Å². The van der Waals surface area contributed by atoms with Crippen molar-refractivity contribution in [3.05, 3.63) is 0 Å². The van der Waals surface area contributed by atoms with E-state index in [1.165, 1.54) is 19.3 Å². The average molecular weight is 238 g/mol. The van der Waals surface area contributed by atoms with Crippen LogP contribution in [0.3, 0.4) is 0 Å². The molecule has 0 heterocycles. The van der Waals surface area contributed by atoms with Crippen molar-refractivity contribution in [2.45, 2.75) is 69.9 Å². The molecule has 2 rings (SSSR count). The molecule has 0 aliphatic heterocycles. The molecule has 2 aliphatic carbocycles. The number of amides is 1. The van der Waals surface area contributed by atoms with Gasteiger partial charge >= 0.3 is 0 Å². The van der Waals surface area contributed by atoms with Crippen molar-refractivity contribution in [3.63, 3.8) is 0 Å². The molecule has 0 radical (unpaired) electrons. The summed E-state index contributed by atoms with van der Waals surface area (Å²) in [6.45, 7) is 0. The van der Waals surface area contributed by atoms with Crippen LogP contribution in [-0.4, -0.2) is 29.9 Å². The molecular formula is C14H26N2O. The predicted octanol–water partition coefficient (Wildman–Crippen LogP) is 2.29. The molecule has 0 aromatic rings. The quantitative estimate of drug-likeness (QED) is 0.817. The number of nitrogens with zero attached hydrogens (tertiary/aromatic N) is 1. The van der Waals surface area contributed by atoms with E-state index in [0.29, 0.717) is 18.0 Å². The van der Waals surface area contributed by atoms with E-state index in [-0.39, 0.29) is 0 Å². The fourth-order valence-electron chi connectivity index (χ4n) is 2.98. The fourth-order valence-corrected chi connectivity index (χ4v) is 2.98. The van der Waals surface area contributed by atoms with Gasteiger partial charge in [-0.1, -0.05) is 19.3 Å². The van der Waals surface area contributed by atoms with Crippen LogP contribution in [0.5, 0.6) is 0 Å². The minimum Gasteiger partial charge on any atom is -0.343 e. The number of nitrogens with two attached hydrogens (primary N) is 1. The van der Waals surface area contributed by atoms with Crippen molar-refractivity contribution in [3.8, 4) is 0 Å². The molecule has 0 spiro atoms. The molecule has 0 unspecified atom stereocenters. The molecule has 0 atom stereocenters. The lowest BCUT2D eigenvalue weighted by Gasteiger charge is -2.34. The zero-order chi connectivity index (χ0) is 12.3. The van der Waals surface area contributed by atoms with E-state index < -0.39 is 0 Å². The number of carbonyl (C=O) groups excluding carboxylic acids is 1. The van der Waals surface area contributed by atoms with Crippen molar-refractivity contribution in [1.82, 2.24) is 4.90 Å². The first-order chi connectivity index (χ1) is 8.16. The Balaban J connectivity index is 1.70. The van der Waals surface area contributed by atoms with E-state index in [0.717, 1.165) is 44.4 Å². The third-order valence-corrected chi connectivity index (χ3v) is 4.67. The minimum atomic E-state index is 0.345. The van der Waals surface area contributed by atoms with Gasteiger partial charge in [0.15, 0.2) is 0 Å². The number of rotatable bonds is 4. The van der Waals surface area contributed by atoms with Gasteiger partial charge in [0.05, 0.1) is 0 Å². The Morgan fingerprint density at radius 2 is 1.82 bits per heavy atom. The van der Waals surface area contributed by atoms with Crippen molar-refractivity contribution in [2.24, 2.45) is 11.7 Å². The Labute approximate surface area is 105 Å². The van der Waals surface area contributed by atoms with E-state index >= 15 is 0 Å². The molecule has 0 bridgehead atoms. The maximum atomic E-state index is 12.1. The average Bonchev–Trinajstić information content (AvgIpc) is 2.27. The van der Waals surface area contributed by atoms with E-state index in [9.17, 15) is 4.79 Å². The molecule has 2 fully saturated rings. The van der Waals surface area contributed by atoms with Crippen LogP contribution in [0, 0.1) is 5.92 Å². The summed E-state index contributed by atoms with van der Waals surface area (Å²) in [4.78, 5) is 14.1. The zero-order valence-electron chi connectivity index (χ0n) is 11.0. The number of carbonyl (C=O) groups is 1. The van der Waals surface area contributed by atoms with Crippen molar-refractivity contribution >= 4 is 5.91 Å². The third-order valence-electron chi connectivity index (χ3n) is 4.67. The Bertz CT molecular complexity index is 255. The van der Waals surface area contributed by atoms with Crippen LogP contribution < -0.4 is 5.73 Å². The SMILES string of the molecule is CN(C(=O)CCC1CCC1)C1CCC(N)CC1. The number of hydrogen-bond donors (Lipinski definition) is 1. The smallest absolute Gasteiger partial charge is 0.222 e. The van der Waals surface area contributed by atoms with Gasteiger partial charge < -0.3 is 10.6 Å². The maximum Gasteiger partial charge on any atom is 0.222 e. The van der Waals surface area contributed by atoms with Crippen LogP contribution >= 0.6 is 0 Å². The lowest BCUT2D eigenvalue weighted by atomic mass is 9.82. The van der Waals surface area contributed by atoms with Crippen molar-refractivity contribution < 1.29 is 4.79 Å². The van der Waals surface area contributed by atoms with Crippen molar-refractivity contribution in [2.75, 3.05) is 7.05 Å². The minimum absolute atomic E-state index is 0.345. The summed E-state index contributed by atoms with van der Waals surface area (Å²) in [7, 11) is 1.98. The summed E-state index contributed by atoms with van der Waals surface area (Å²) in [5.41, 5.74) is 5.89. The van der Waals surface area contributed by atoms with E-state index in [2.05, 4.69) is 0 Å². The summed E-state index contributed by atoms with van der Waals surface area (Å²) in [5, 5.41) is 0. The monoisotopic (exact) mass is 238 g/mol. The summed E-state index contributed by atoms with van der Waals surface area (Å²) in [5.74, 6) is 1.18. The second-order valence-electron chi connectivity index (χ2n) is 5.91. The first-order valence-corrected chi connectivity index (χ1v) is 7.18. The first-order valence-electron chi connectivity index (χ1n) is 7.18. The highest BCUT2D eigenvalue weighted by molar-refractivity contribution is 5.76. The lowest BCUT2D eigenvalue weighted by Crippen LogP contribution is -2.42. The Morgan fingerprint density at radius 1 is 1.18 bits per heavy atom. The zero-order valence-corrected chi connectivity index (χ0v) is 11.0. The van der Waals surface area contributed by atoms with Gasteiger partial charge in [0, 0.05) is 25.6 Å². The molecular weight excluding hydrogens is 212 g/mol. The molecule has 0 aromatic heterocycles. The van der Waals surface area contributed by atoms with Gasteiger partial charge in [-0.05, 0) is 38.0 Å². The predicted molar refractivity (Wildman–Crippen MR) is 69.6 cm³/mol. The van der Waals surface area contributed by atoms with Gasteiger partial charge in [-0.25, -0.2) is 0 Å². The van der Waals surface area contributed by atoms with Crippen LogP contribution in [0.15, 0.2) is 0 Å². The Hall–Kier alpha value is -0.570. The fraction of sp³-hybridized carbons (Fsp3) is 0.929. The van der Waals surface area contributed by atoms with Crippen LogP contribution in [-0.2, 0) is 4.79 Å². The van der Waals surface area contributed by atoms with Crippen LogP contribution in [0.4, 0.5) is 0 Å². The molecule has 3 heteroatoms. The number of hydrogen-bond acceptors (Lipinski definition) is 2. The van der Waals surface area contributed by atoms with Gasteiger partial charge in [0.2, 0.25) is 5.91 Å².